The standard InChI is InChI=1S/C15H13BrN2OS/c16-14-6-5-12(20-14)9-17-8-11-7-10-3-1-2-4-13(10)18-15(11)19/h1-7,17H,8-9H2,(H,18,19). The molecule has 0 atom stereocenters. The number of hydrogen-bond donors (Lipinski definition) is 2. The van der Waals surface area contributed by atoms with Crippen molar-refractivity contribution in [3.8, 4) is 0 Å². The first-order valence-corrected chi connectivity index (χ1v) is 7.89. The van der Waals surface area contributed by atoms with Gasteiger partial charge in [-0.25, -0.2) is 0 Å². The number of benzene rings is 1. The second-order valence-corrected chi connectivity index (χ2v) is 7.07. The number of hydrogen-bond acceptors (Lipinski definition) is 3. The highest BCUT2D eigenvalue weighted by Gasteiger charge is 2.03. The molecule has 102 valence electrons. The van der Waals surface area contributed by atoms with Crippen molar-refractivity contribution in [2.24, 2.45) is 0 Å². The van der Waals surface area contributed by atoms with E-state index in [-0.39, 0.29) is 5.56 Å². The summed E-state index contributed by atoms with van der Waals surface area (Å²) in [4.78, 5) is 16.1. The van der Waals surface area contributed by atoms with Crippen molar-refractivity contribution in [1.82, 2.24) is 10.3 Å². The topological polar surface area (TPSA) is 44.9 Å². The van der Waals surface area contributed by atoms with Crippen LogP contribution in [0.3, 0.4) is 0 Å². The summed E-state index contributed by atoms with van der Waals surface area (Å²) in [5.41, 5.74) is 1.62. The van der Waals surface area contributed by atoms with Crippen molar-refractivity contribution in [2.45, 2.75) is 13.1 Å². The van der Waals surface area contributed by atoms with Gasteiger partial charge in [-0.05, 0) is 45.6 Å². The molecular weight excluding hydrogens is 336 g/mol. The van der Waals surface area contributed by atoms with E-state index in [9.17, 15) is 4.79 Å². The summed E-state index contributed by atoms with van der Waals surface area (Å²) in [5.74, 6) is 0. The zero-order chi connectivity index (χ0) is 13.9. The Morgan fingerprint density at radius 3 is 2.80 bits per heavy atom. The summed E-state index contributed by atoms with van der Waals surface area (Å²) >= 11 is 5.14. The molecule has 0 aliphatic rings. The Morgan fingerprint density at radius 2 is 2.00 bits per heavy atom. The lowest BCUT2D eigenvalue weighted by Gasteiger charge is -2.04. The molecule has 0 aliphatic carbocycles. The Hall–Kier alpha value is -1.43. The first kappa shape index (κ1) is 13.5. The van der Waals surface area contributed by atoms with Gasteiger partial charge >= 0.3 is 0 Å². The van der Waals surface area contributed by atoms with Gasteiger partial charge in [0, 0.05) is 29.0 Å². The van der Waals surface area contributed by atoms with Crippen LogP contribution in [-0.2, 0) is 13.1 Å². The molecule has 2 N–H and O–H groups in total. The number of H-pyrrole nitrogens is 1. The molecule has 0 radical (unpaired) electrons. The van der Waals surface area contributed by atoms with E-state index in [4.69, 9.17) is 0 Å². The maximum atomic E-state index is 12.0. The molecule has 0 saturated carbocycles. The van der Waals surface area contributed by atoms with Crippen LogP contribution < -0.4 is 10.9 Å². The minimum Gasteiger partial charge on any atom is -0.322 e. The molecule has 0 spiro atoms. The Labute approximate surface area is 128 Å². The van der Waals surface area contributed by atoms with Crippen LogP contribution >= 0.6 is 27.3 Å². The summed E-state index contributed by atoms with van der Waals surface area (Å²) in [7, 11) is 0. The molecule has 3 nitrogen and oxygen atoms in total. The molecule has 2 aromatic heterocycles. The number of halogens is 1. The molecular formula is C15H13BrN2OS. The predicted octanol–water partition coefficient (Wildman–Crippen LogP) is 3.64. The third-order valence-electron chi connectivity index (χ3n) is 3.07. The summed E-state index contributed by atoms with van der Waals surface area (Å²) in [5, 5.41) is 4.36. The van der Waals surface area contributed by atoms with Crippen LogP contribution in [0, 0.1) is 0 Å². The van der Waals surface area contributed by atoms with Gasteiger partial charge in [-0.1, -0.05) is 18.2 Å². The van der Waals surface area contributed by atoms with E-state index in [1.54, 1.807) is 11.3 Å². The summed E-state index contributed by atoms with van der Waals surface area (Å²) in [6.07, 6.45) is 0. The Kier molecular flexibility index (Phi) is 4.00. The molecule has 0 saturated heterocycles. The quantitative estimate of drug-likeness (QED) is 0.755. The lowest BCUT2D eigenvalue weighted by molar-refractivity contribution is 0.696. The molecule has 1 aromatic carbocycles. The van der Waals surface area contributed by atoms with Crippen LogP contribution in [-0.4, -0.2) is 4.98 Å². The van der Waals surface area contributed by atoms with E-state index in [1.165, 1.54) is 4.88 Å². The van der Waals surface area contributed by atoms with Crippen LogP contribution in [0.15, 0.2) is 51.0 Å². The van der Waals surface area contributed by atoms with Gasteiger partial charge in [-0.3, -0.25) is 4.79 Å². The van der Waals surface area contributed by atoms with E-state index in [0.29, 0.717) is 6.54 Å². The molecule has 2 heterocycles. The third kappa shape index (κ3) is 3.00. The number of thiophene rings is 1. The average molecular weight is 349 g/mol. The van der Waals surface area contributed by atoms with Gasteiger partial charge in [0.2, 0.25) is 0 Å². The maximum Gasteiger partial charge on any atom is 0.252 e. The zero-order valence-corrected chi connectivity index (χ0v) is 13.1. The van der Waals surface area contributed by atoms with E-state index in [2.05, 4.69) is 32.3 Å². The van der Waals surface area contributed by atoms with Gasteiger partial charge in [0.05, 0.1) is 3.79 Å². The number of nitrogens with one attached hydrogen (secondary N) is 2. The van der Waals surface area contributed by atoms with Gasteiger partial charge in [-0.15, -0.1) is 11.3 Å². The minimum absolute atomic E-state index is 0.0245. The van der Waals surface area contributed by atoms with Gasteiger partial charge in [0.25, 0.3) is 5.56 Å². The minimum atomic E-state index is -0.0245. The lowest BCUT2D eigenvalue weighted by atomic mass is 10.1. The summed E-state index contributed by atoms with van der Waals surface area (Å²) in [6, 6.07) is 13.9. The zero-order valence-electron chi connectivity index (χ0n) is 10.7. The molecule has 0 unspecified atom stereocenters. The lowest BCUT2D eigenvalue weighted by Crippen LogP contribution is -2.20. The Balaban J connectivity index is 1.74. The second kappa shape index (κ2) is 5.91. The fourth-order valence-electron chi connectivity index (χ4n) is 2.09. The van der Waals surface area contributed by atoms with Gasteiger partial charge < -0.3 is 10.3 Å². The number of aromatic amines is 1. The van der Waals surface area contributed by atoms with Gasteiger partial charge in [0.15, 0.2) is 0 Å². The first-order chi connectivity index (χ1) is 9.72. The average Bonchev–Trinajstić information content (AvgIpc) is 2.85. The summed E-state index contributed by atoms with van der Waals surface area (Å²) in [6.45, 7) is 1.33. The van der Waals surface area contributed by atoms with Crippen LogP contribution in [0.1, 0.15) is 10.4 Å². The predicted molar refractivity (Wildman–Crippen MR) is 87.1 cm³/mol. The SMILES string of the molecule is O=c1[nH]c2ccccc2cc1CNCc1ccc(Br)s1. The number of pyridine rings is 1. The van der Waals surface area contributed by atoms with Crippen molar-refractivity contribution >= 4 is 38.2 Å². The molecule has 0 aliphatic heterocycles. The molecule has 3 rings (SSSR count). The normalized spacial score (nSPS) is 11.1. The fraction of sp³-hybridized carbons (Fsp3) is 0.133. The van der Waals surface area contributed by atoms with E-state index < -0.39 is 0 Å². The summed E-state index contributed by atoms with van der Waals surface area (Å²) < 4.78 is 1.12. The molecule has 3 aromatic rings. The van der Waals surface area contributed by atoms with Crippen LogP contribution in [0.4, 0.5) is 0 Å². The highest BCUT2D eigenvalue weighted by Crippen LogP contribution is 2.21. The number of fused-ring (bicyclic) bond motifs is 1. The molecule has 5 heteroatoms. The van der Waals surface area contributed by atoms with Crippen molar-refractivity contribution in [3.05, 3.63) is 67.0 Å². The molecule has 0 fully saturated rings. The smallest absolute Gasteiger partial charge is 0.252 e. The van der Waals surface area contributed by atoms with E-state index in [0.717, 1.165) is 26.8 Å². The maximum absolute atomic E-state index is 12.0. The van der Waals surface area contributed by atoms with Crippen molar-refractivity contribution < 1.29 is 0 Å². The monoisotopic (exact) mass is 348 g/mol. The third-order valence-corrected chi connectivity index (χ3v) is 4.70. The molecule has 20 heavy (non-hydrogen) atoms. The molecule has 0 amide bonds. The highest BCUT2D eigenvalue weighted by atomic mass is 79.9. The van der Waals surface area contributed by atoms with Crippen LogP contribution in [0.5, 0.6) is 0 Å². The Morgan fingerprint density at radius 1 is 1.15 bits per heavy atom. The molecule has 0 bridgehead atoms. The van der Waals surface area contributed by atoms with Crippen molar-refractivity contribution in [3.63, 3.8) is 0 Å². The first-order valence-electron chi connectivity index (χ1n) is 6.28. The van der Waals surface area contributed by atoms with Crippen LogP contribution in [0.2, 0.25) is 0 Å². The van der Waals surface area contributed by atoms with Gasteiger partial charge in [0.1, 0.15) is 0 Å². The van der Waals surface area contributed by atoms with Gasteiger partial charge in [-0.2, -0.15) is 0 Å². The largest absolute Gasteiger partial charge is 0.322 e. The number of rotatable bonds is 4. The van der Waals surface area contributed by atoms with Crippen molar-refractivity contribution in [2.75, 3.05) is 0 Å². The second-order valence-electron chi connectivity index (χ2n) is 4.52. The van der Waals surface area contributed by atoms with E-state index >= 15 is 0 Å². The highest BCUT2D eigenvalue weighted by molar-refractivity contribution is 9.11. The Bertz CT molecular complexity index is 794. The van der Waals surface area contributed by atoms with E-state index in [1.807, 2.05) is 36.4 Å². The number of aromatic nitrogens is 1. The number of para-hydroxylation sites is 1. The fourth-order valence-corrected chi connectivity index (χ4v) is 3.54. The van der Waals surface area contributed by atoms with Crippen molar-refractivity contribution in [1.29, 1.82) is 0 Å². The van der Waals surface area contributed by atoms with Crippen LogP contribution in [0.25, 0.3) is 10.9 Å².